The summed E-state index contributed by atoms with van der Waals surface area (Å²) in [5.41, 5.74) is 2.12. The first-order chi connectivity index (χ1) is 15.5. The molecule has 0 spiro atoms. The van der Waals surface area contributed by atoms with Crippen LogP contribution in [-0.4, -0.2) is 29.9 Å². The standard InChI is InChI=1S/C24H19F2N3O3/c1-31-21-11-8-15(12-22(21)32-2)23-18(14-29(28-23)17-6-4-3-5-7-17)24(30)27-16-9-10-19(25)20(26)13-16/h3-14H,1-2H3,(H,27,30). The summed E-state index contributed by atoms with van der Waals surface area (Å²) in [5, 5.41) is 7.20. The highest BCUT2D eigenvalue weighted by molar-refractivity contribution is 6.08. The molecule has 1 heterocycles. The summed E-state index contributed by atoms with van der Waals surface area (Å²) in [6.45, 7) is 0. The maximum Gasteiger partial charge on any atom is 0.259 e. The van der Waals surface area contributed by atoms with Gasteiger partial charge in [-0.3, -0.25) is 4.79 Å². The van der Waals surface area contributed by atoms with E-state index in [1.807, 2.05) is 30.3 Å². The van der Waals surface area contributed by atoms with Gasteiger partial charge in [0.2, 0.25) is 0 Å². The lowest BCUT2D eigenvalue weighted by Crippen LogP contribution is -2.12. The number of carbonyl (C=O) groups excluding carboxylic acids is 1. The molecule has 4 rings (SSSR count). The zero-order chi connectivity index (χ0) is 22.7. The minimum atomic E-state index is -1.05. The Morgan fingerprint density at radius 3 is 2.34 bits per heavy atom. The Morgan fingerprint density at radius 2 is 1.66 bits per heavy atom. The van der Waals surface area contributed by atoms with Crippen molar-refractivity contribution in [2.24, 2.45) is 0 Å². The number of amides is 1. The number of halogens is 2. The summed E-state index contributed by atoms with van der Waals surface area (Å²) in [4.78, 5) is 13.1. The Bertz CT molecular complexity index is 1270. The predicted octanol–water partition coefficient (Wildman–Crippen LogP) is 5.09. The third kappa shape index (κ3) is 4.15. The minimum Gasteiger partial charge on any atom is -0.493 e. The van der Waals surface area contributed by atoms with Crippen LogP contribution < -0.4 is 14.8 Å². The molecule has 4 aromatic rings. The quantitative estimate of drug-likeness (QED) is 0.458. The molecule has 3 aromatic carbocycles. The molecule has 0 radical (unpaired) electrons. The van der Waals surface area contributed by atoms with Gasteiger partial charge >= 0.3 is 0 Å². The minimum absolute atomic E-state index is 0.125. The van der Waals surface area contributed by atoms with Crippen LogP contribution in [0.15, 0.2) is 72.9 Å². The van der Waals surface area contributed by atoms with Crippen LogP contribution in [0.2, 0.25) is 0 Å². The van der Waals surface area contributed by atoms with Crippen molar-refractivity contribution in [2.45, 2.75) is 0 Å². The Kier molecular flexibility index (Phi) is 5.85. The van der Waals surface area contributed by atoms with Crippen LogP contribution in [0.5, 0.6) is 11.5 Å². The topological polar surface area (TPSA) is 65.4 Å². The lowest BCUT2D eigenvalue weighted by molar-refractivity contribution is 0.102. The van der Waals surface area contributed by atoms with Crippen LogP contribution in [0.4, 0.5) is 14.5 Å². The van der Waals surface area contributed by atoms with E-state index in [1.165, 1.54) is 20.3 Å². The molecule has 0 atom stereocenters. The van der Waals surface area contributed by atoms with Crippen molar-refractivity contribution < 1.29 is 23.0 Å². The van der Waals surface area contributed by atoms with Gasteiger partial charge in [-0.15, -0.1) is 0 Å². The number of hydrogen-bond donors (Lipinski definition) is 1. The van der Waals surface area contributed by atoms with Gasteiger partial charge < -0.3 is 14.8 Å². The number of anilines is 1. The summed E-state index contributed by atoms with van der Waals surface area (Å²) < 4.78 is 39.1. The van der Waals surface area contributed by atoms with Gasteiger partial charge in [0.05, 0.1) is 25.5 Å². The molecule has 0 saturated carbocycles. The van der Waals surface area contributed by atoms with Crippen LogP contribution in [0.25, 0.3) is 16.9 Å². The molecule has 8 heteroatoms. The van der Waals surface area contributed by atoms with Crippen LogP contribution >= 0.6 is 0 Å². The molecule has 0 saturated heterocycles. The van der Waals surface area contributed by atoms with E-state index in [1.54, 1.807) is 29.1 Å². The molecule has 1 N–H and O–H groups in total. The molecular formula is C24H19F2N3O3. The van der Waals surface area contributed by atoms with Crippen molar-refractivity contribution in [1.29, 1.82) is 0 Å². The third-order valence-electron chi connectivity index (χ3n) is 4.81. The van der Waals surface area contributed by atoms with E-state index in [4.69, 9.17) is 9.47 Å². The monoisotopic (exact) mass is 435 g/mol. The number of carbonyl (C=O) groups is 1. The average Bonchev–Trinajstić information content (AvgIpc) is 3.27. The van der Waals surface area contributed by atoms with Crippen LogP contribution in [0.1, 0.15) is 10.4 Å². The molecule has 0 fully saturated rings. The normalized spacial score (nSPS) is 10.6. The Hall–Kier alpha value is -4.20. The molecular weight excluding hydrogens is 416 g/mol. The van der Waals surface area contributed by atoms with Gasteiger partial charge in [0.25, 0.3) is 5.91 Å². The maximum absolute atomic E-state index is 13.6. The fraction of sp³-hybridized carbons (Fsp3) is 0.0833. The maximum atomic E-state index is 13.6. The van der Waals surface area contributed by atoms with Crippen molar-refractivity contribution in [3.8, 4) is 28.4 Å². The largest absolute Gasteiger partial charge is 0.493 e. The summed E-state index contributed by atoms with van der Waals surface area (Å²) in [6.07, 6.45) is 1.58. The van der Waals surface area contributed by atoms with E-state index in [2.05, 4.69) is 10.4 Å². The molecule has 1 aromatic heterocycles. The highest BCUT2D eigenvalue weighted by atomic mass is 19.2. The number of rotatable bonds is 6. The molecule has 0 aliphatic carbocycles. The third-order valence-corrected chi connectivity index (χ3v) is 4.81. The van der Waals surface area contributed by atoms with Gasteiger partial charge in [-0.1, -0.05) is 18.2 Å². The molecule has 0 bridgehead atoms. The summed E-state index contributed by atoms with van der Waals surface area (Å²) in [5.74, 6) is -1.56. The predicted molar refractivity (Wildman–Crippen MR) is 116 cm³/mol. The average molecular weight is 435 g/mol. The summed E-state index contributed by atoms with van der Waals surface area (Å²) in [6, 6.07) is 17.6. The number of hydrogen-bond acceptors (Lipinski definition) is 4. The van der Waals surface area contributed by atoms with E-state index in [-0.39, 0.29) is 11.3 Å². The Morgan fingerprint density at radius 1 is 0.906 bits per heavy atom. The Balaban J connectivity index is 1.79. The molecule has 0 aliphatic heterocycles. The lowest BCUT2D eigenvalue weighted by Gasteiger charge is -2.10. The second kappa shape index (κ2) is 8.89. The van der Waals surface area contributed by atoms with Crippen LogP contribution in [0.3, 0.4) is 0 Å². The number of nitrogens with zero attached hydrogens (tertiary/aromatic N) is 2. The van der Waals surface area contributed by atoms with Gasteiger partial charge in [-0.25, -0.2) is 13.5 Å². The molecule has 0 aliphatic rings. The number of benzene rings is 3. The van der Waals surface area contributed by atoms with Crippen molar-refractivity contribution in [2.75, 3.05) is 19.5 Å². The van der Waals surface area contributed by atoms with Gasteiger partial charge in [0.1, 0.15) is 5.69 Å². The molecule has 1 amide bonds. The molecule has 0 unspecified atom stereocenters. The SMILES string of the molecule is COc1ccc(-c2nn(-c3ccccc3)cc2C(=O)Nc2ccc(F)c(F)c2)cc1OC. The molecule has 32 heavy (non-hydrogen) atoms. The number of aromatic nitrogens is 2. The fourth-order valence-electron chi connectivity index (χ4n) is 3.22. The molecule has 6 nitrogen and oxygen atoms in total. The zero-order valence-electron chi connectivity index (χ0n) is 17.3. The van der Waals surface area contributed by atoms with E-state index in [0.29, 0.717) is 22.8 Å². The fourth-order valence-corrected chi connectivity index (χ4v) is 3.22. The van der Waals surface area contributed by atoms with Crippen molar-refractivity contribution in [1.82, 2.24) is 9.78 Å². The Labute approximate surface area is 183 Å². The van der Waals surface area contributed by atoms with Crippen molar-refractivity contribution in [3.63, 3.8) is 0 Å². The number of nitrogens with one attached hydrogen (secondary N) is 1. The van der Waals surface area contributed by atoms with Gasteiger partial charge in [0.15, 0.2) is 23.1 Å². The van der Waals surface area contributed by atoms with Crippen LogP contribution in [0, 0.1) is 11.6 Å². The second-order valence-electron chi connectivity index (χ2n) is 6.82. The summed E-state index contributed by atoms with van der Waals surface area (Å²) in [7, 11) is 3.04. The number of para-hydroxylation sites is 1. The first kappa shape index (κ1) is 21.0. The highest BCUT2D eigenvalue weighted by Gasteiger charge is 2.20. The highest BCUT2D eigenvalue weighted by Crippen LogP contribution is 2.33. The number of ether oxygens (including phenoxy) is 2. The van der Waals surface area contributed by atoms with Gasteiger partial charge in [0, 0.05) is 23.5 Å². The van der Waals surface area contributed by atoms with E-state index in [9.17, 15) is 13.6 Å². The first-order valence-electron chi connectivity index (χ1n) is 9.64. The van der Waals surface area contributed by atoms with E-state index >= 15 is 0 Å². The second-order valence-corrected chi connectivity index (χ2v) is 6.82. The van der Waals surface area contributed by atoms with E-state index in [0.717, 1.165) is 17.8 Å². The smallest absolute Gasteiger partial charge is 0.259 e. The van der Waals surface area contributed by atoms with Gasteiger partial charge in [-0.2, -0.15) is 5.10 Å². The van der Waals surface area contributed by atoms with E-state index < -0.39 is 17.5 Å². The molecule has 162 valence electrons. The first-order valence-corrected chi connectivity index (χ1v) is 9.64. The van der Waals surface area contributed by atoms with Crippen LogP contribution in [-0.2, 0) is 0 Å². The summed E-state index contributed by atoms with van der Waals surface area (Å²) >= 11 is 0. The number of methoxy groups -OCH3 is 2. The van der Waals surface area contributed by atoms with Crippen molar-refractivity contribution >= 4 is 11.6 Å². The van der Waals surface area contributed by atoms with Crippen molar-refractivity contribution in [3.05, 3.63) is 90.1 Å². The zero-order valence-corrected chi connectivity index (χ0v) is 17.3. The lowest BCUT2D eigenvalue weighted by atomic mass is 10.1. The van der Waals surface area contributed by atoms with Gasteiger partial charge in [-0.05, 0) is 42.5 Å².